The van der Waals surface area contributed by atoms with Crippen molar-refractivity contribution in [3.63, 3.8) is 0 Å². The van der Waals surface area contributed by atoms with E-state index in [4.69, 9.17) is 0 Å². The average Bonchev–Trinajstić information content (AvgIpc) is 3.16. The van der Waals surface area contributed by atoms with Crippen molar-refractivity contribution in [3.8, 4) is 0 Å². The molecule has 1 N–H and O–H groups in total. The molecule has 3 heterocycles. The average molecular weight is 384 g/mol. The maximum absolute atomic E-state index is 11.9. The number of aromatic nitrogens is 3. The molecule has 9 nitrogen and oxygen atoms in total. The van der Waals surface area contributed by atoms with Crippen LogP contribution in [0.5, 0.6) is 0 Å². The number of nitro benzene ring substituents is 1. The fraction of sp³-hybridized carbons (Fsp3) is 0.526. The van der Waals surface area contributed by atoms with E-state index in [9.17, 15) is 14.9 Å². The lowest BCUT2D eigenvalue weighted by Gasteiger charge is -2.37. The summed E-state index contributed by atoms with van der Waals surface area (Å²) in [6, 6.07) is 4.65. The van der Waals surface area contributed by atoms with Crippen LogP contribution in [0.2, 0.25) is 0 Å². The van der Waals surface area contributed by atoms with Crippen LogP contribution in [0.1, 0.15) is 60.2 Å². The SMILES string of the molecule is CNC(=O)c1ccc(N2CCCC[C@H]2c2nnc3n2CCCC3)c([N+](=O)[O-])c1. The summed E-state index contributed by atoms with van der Waals surface area (Å²) in [5.41, 5.74) is 0.772. The highest BCUT2D eigenvalue weighted by Gasteiger charge is 2.33. The Bertz CT molecular complexity index is 909. The normalized spacial score (nSPS) is 19.2. The molecule has 0 spiro atoms. The van der Waals surface area contributed by atoms with E-state index in [1.807, 2.05) is 0 Å². The summed E-state index contributed by atoms with van der Waals surface area (Å²) in [7, 11) is 1.51. The highest BCUT2D eigenvalue weighted by atomic mass is 16.6. The summed E-state index contributed by atoms with van der Waals surface area (Å²) in [5.74, 6) is 1.58. The first-order valence-corrected chi connectivity index (χ1v) is 9.79. The van der Waals surface area contributed by atoms with Gasteiger partial charge in [-0.05, 0) is 44.2 Å². The third kappa shape index (κ3) is 3.21. The number of hydrogen-bond acceptors (Lipinski definition) is 6. The second-order valence-electron chi connectivity index (χ2n) is 7.33. The zero-order valence-corrected chi connectivity index (χ0v) is 15.9. The molecular weight excluding hydrogens is 360 g/mol. The van der Waals surface area contributed by atoms with E-state index in [1.165, 1.54) is 13.1 Å². The molecule has 0 bridgehead atoms. The molecule has 28 heavy (non-hydrogen) atoms. The van der Waals surface area contributed by atoms with E-state index in [-0.39, 0.29) is 23.2 Å². The van der Waals surface area contributed by atoms with Gasteiger partial charge in [0.1, 0.15) is 11.5 Å². The van der Waals surface area contributed by atoms with Crippen molar-refractivity contribution in [2.75, 3.05) is 18.5 Å². The van der Waals surface area contributed by atoms with Crippen molar-refractivity contribution < 1.29 is 9.72 Å². The maximum atomic E-state index is 11.9. The van der Waals surface area contributed by atoms with Crippen LogP contribution < -0.4 is 10.2 Å². The lowest BCUT2D eigenvalue weighted by atomic mass is 9.99. The third-order valence-corrected chi connectivity index (χ3v) is 5.66. The summed E-state index contributed by atoms with van der Waals surface area (Å²) in [5, 5.41) is 23.1. The van der Waals surface area contributed by atoms with E-state index in [0.717, 1.165) is 56.7 Å². The molecule has 2 aromatic rings. The van der Waals surface area contributed by atoms with Crippen molar-refractivity contribution in [1.29, 1.82) is 0 Å². The molecule has 2 aliphatic heterocycles. The Morgan fingerprint density at radius 2 is 2.04 bits per heavy atom. The Kier molecular flexibility index (Phi) is 4.97. The van der Waals surface area contributed by atoms with Crippen LogP contribution in [0.3, 0.4) is 0 Å². The number of benzene rings is 1. The number of piperidine rings is 1. The summed E-state index contributed by atoms with van der Waals surface area (Å²) in [6.45, 7) is 1.62. The van der Waals surface area contributed by atoms with Crippen LogP contribution in [0, 0.1) is 10.1 Å². The second-order valence-corrected chi connectivity index (χ2v) is 7.33. The molecular formula is C19H24N6O3. The fourth-order valence-corrected chi connectivity index (χ4v) is 4.26. The predicted octanol–water partition coefficient (Wildman–Crippen LogP) is 2.61. The van der Waals surface area contributed by atoms with E-state index >= 15 is 0 Å². The summed E-state index contributed by atoms with van der Waals surface area (Å²) in [6.07, 6.45) is 6.05. The monoisotopic (exact) mass is 384 g/mol. The molecule has 0 unspecified atom stereocenters. The quantitative estimate of drug-likeness (QED) is 0.641. The number of carbonyl (C=O) groups is 1. The third-order valence-electron chi connectivity index (χ3n) is 5.66. The van der Waals surface area contributed by atoms with Crippen LogP contribution in [0.25, 0.3) is 0 Å². The molecule has 148 valence electrons. The topological polar surface area (TPSA) is 106 Å². The lowest BCUT2D eigenvalue weighted by Crippen LogP contribution is -2.36. The van der Waals surface area contributed by atoms with Gasteiger partial charge in [0.05, 0.1) is 11.0 Å². The first-order chi connectivity index (χ1) is 13.6. The lowest BCUT2D eigenvalue weighted by molar-refractivity contribution is -0.384. The molecule has 0 aliphatic carbocycles. The molecule has 0 radical (unpaired) electrons. The van der Waals surface area contributed by atoms with Gasteiger partial charge in [0.2, 0.25) is 0 Å². The Morgan fingerprint density at radius 3 is 2.82 bits per heavy atom. The Balaban J connectivity index is 1.75. The van der Waals surface area contributed by atoms with Crippen molar-refractivity contribution in [2.24, 2.45) is 0 Å². The molecule has 4 rings (SSSR count). The Hall–Kier alpha value is -2.97. The van der Waals surface area contributed by atoms with Gasteiger partial charge in [0.25, 0.3) is 11.6 Å². The van der Waals surface area contributed by atoms with Crippen LogP contribution in [0.4, 0.5) is 11.4 Å². The maximum Gasteiger partial charge on any atom is 0.293 e. The fourth-order valence-electron chi connectivity index (χ4n) is 4.26. The minimum Gasteiger partial charge on any atom is -0.356 e. The number of nitrogens with one attached hydrogen (secondary N) is 1. The summed E-state index contributed by atoms with van der Waals surface area (Å²) >= 11 is 0. The number of anilines is 1. The number of aryl methyl sites for hydroxylation is 1. The van der Waals surface area contributed by atoms with Gasteiger partial charge < -0.3 is 14.8 Å². The van der Waals surface area contributed by atoms with Gasteiger partial charge >= 0.3 is 0 Å². The molecule has 1 amide bonds. The summed E-state index contributed by atoms with van der Waals surface area (Å²) < 4.78 is 2.19. The van der Waals surface area contributed by atoms with Crippen molar-refractivity contribution in [3.05, 3.63) is 45.5 Å². The van der Waals surface area contributed by atoms with Gasteiger partial charge in [0, 0.05) is 38.2 Å². The zero-order valence-electron chi connectivity index (χ0n) is 15.9. The number of nitro groups is 1. The number of nitrogens with zero attached hydrogens (tertiary/aromatic N) is 5. The highest BCUT2D eigenvalue weighted by molar-refractivity contribution is 5.95. The first kappa shape index (κ1) is 18.4. The predicted molar refractivity (Wildman–Crippen MR) is 103 cm³/mol. The molecule has 0 saturated carbocycles. The molecule has 1 aromatic carbocycles. The zero-order chi connectivity index (χ0) is 19.7. The van der Waals surface area contributed by atoms with E-state index in [1.54, 1.807) is 12.1 Å². The molecule has 2 aliphatic rings. The van der Waals surface area contributed by atoms with E-state index in [0.29, 0.717) is 12.2 Å². The van der Waals surface area contributed by atoms with Crippen molar-refractivity contribution in [1.82, 2.24) is 20.1 Å². The number of rotatable bonds is 4. The molecule has 1 saturated heterocycles. The van der Waals surface area contributed by atoms with E-state index < -0.39 is 4.92 Å². The van der Waals surface area contributed by atoms with E-state index in [2.05, 4.69) is 25.0 Å². The number of amides is 1. The number of fused-ring (bicyclic) bond motifs is 1. The molecule has 9 heteroatoms. The smallest absolute Gasteiger partial charge is 0.293 e. The van der Waals surface area contributed by atoms with Gasteiger partial charge in [-0.25, -0.2) is 0 Å². The van der Waals surface area contributed by atoms with Crippen LogP contribution in [-0.2, 0) is 13.0 Å². The van der Waals surface area contributed by atoms with Crippen molar-refractivity contribution in [2.45, 2.75) is 51.1 Å². The number of carbonyl (C=O) groups excluding carboxylic acids is 1. The highest BCUT2D eigenvalue weighted by Crippen LogP contribution is 2.39. The Morgan fingerprint density at radius 1 is 1.21 bits per heavy atom. The first-order valence-electron chi connectivity index (χ1n) is 9.79. The minimum atomic E-state index is -0.410. The van der Waals surface area contributed by atoms with Gasteiger partial charge in [-0.2, -0.15) is 0 Å². The van der Waals surface area contributed by atoms with Gasteiger partial charge in [-0.1, -0.05) is 0 Å². The molecule has 1 aromatic heterocycles. The standard InChI is InChI=1S/C19H24N6O3/c1-20-19(26)13-8-9-14(16(12-13)25(27)28)23-10-4-2-6-15(23)18-22-21-17-7-3-5-11-24(17)18/h8-9,12,15H,2-7,10-11H2,1H3,(H,20,26)/t15-/m0/s1. The summed E-state index contributed by atoms with van der Waals surface area (Å²) in [4.78, 5) is 25.3. The van der Waals surface area contributed by atoms with Gasteiger partial charge in [-0.3, -0.25) is 14.9 Å². The largest absolute Gasteiger partial charge is 0.356 e. The van der Waals surface area contributed by atoms with Crippen LogP contribution >= 0.6 is 0 Å². The Labute approximate surface area is 162 Å². The van der Waals surface area contributed by atoms with Gasteiger partial charge in [0.15, 0.2) is 5.82 Å². The minimum absolute atomic E-state index is 0.0438. The van der Waals surface area contributed by atoms with Crippen molar-refractivity contribution >= 4 is 17.3 Å². The molecule has 1 fully saturated rings. The van der Waals surface area contributed by atoms with Crippen LogP contribution in [0.15, 0.2) is 18.2 Å². The number of hydrogen-bond donors (Lipinski definition) is 1. The van der Waals surface area contributed by atoms with Gasteiger partial charge in [-0.15, -0.1) is 10.2 Å². The molecule has 1 atom stereocenters. The second kappa shape index (κ2) is 7.57. The van der Waals surface area contributed by atoms with Crippen LogP contribution in [-0.4, -0.2) is 39.2 Å².